The maximum atomic E-state index is 9.37. The van der Waals surface area contributed by atoms with E-state index in [4.69, 9.17) is 5.26 Å². The average Bonchev–Trinajstić information content (AvgIpc) is 2.43. The van der Waals surface area contributed by atoms with Gasteiger partial charge in [0, 0.05) is 30.1 Å². The number of nitrogens with zero attached hydrogens (tertiary/aromatic N) is 2. The van der Waals surface area contributed by atoms with Gasteiger partial charge in [0.05, 0.1) is 17.7 Å². The number of aliphatic hydroxyl groups excluding tert-OH is 1. The van der Waals surface area contributed by atoms with Gasteiger partial charge < -0.3 is 10.0 Å². The van der Waals surface area contributed by atoms with Gasteiger partial charge in [-0.1, -0.05) is 24.3 Å². The van der Waals surface area contributed by atoms with Gasteiger partial charge in [-0.05, 0) is 25.5 Å². The molecule has 2 aromatic carbocycles. The second-order valence-electron chi connectivity index (χ2n) is 4.85. The van der Waals surface area contributed by atoms with Crippen LogP contribution in [0, 0.1) is 11.3 Å². The lowest BCUT2D eigenvalue weighted by molar-refractivity contribution is 0.187. The number of nitriles is 1. The standard InChI is InChI=1S/C16H18N2O/c1-12(19)9-10-18(2)16-8-7-13(11-17)14-5-3-4-6-15(14)16/h3-8,12,19H,9-10H2,1-2H3. The minimum atomic E-state index is -0.299. The van der Waals surface area contributed by atoms with Gasteiger partial charge in [-0.25, -0.2) is 0 Å². The predicted octanol–water partition coefficient (Wildman–Crippen LogP) is 2.92. The Morgan fingerprint density at radius 1 is 1.21 bits per heavy atom. The van der Waals surface area contributed by atoms with Gasteiger partial charge in [-0.15, -0.1) is 0 Å². The van der Waals surface area contributed by atoms with Gasteiger partial charge in [0.2, 0.25) is 0 Å². The fraction of sp³-hybridized carbons (Fsp3) is 0.312. The lowest BCUT2D eigenvalue weighted by Crippen LogP contribution is -2.22. The van der Waals surface area contributed by atoms with Crippen molar-refractivity contribution in [2.45, 2.75) is 19.4 Å². The van der Waals surface area contributed by atoms with E-state index < -0.39 is 0 Å². The van der Waals surface area contributed by atoms with E-state index in [1.807, 2.05) is 43.4 Å². The first-order chi connectivity index (χ1) is 9.13. The number of aliphatic hydroxyl groups is 1. The van der Waals surface area contributed by atoms with Crippen LogP contribution in [0.25, 0.3) is 10.8 Å². The first-order valence-corrected chi connectivity index (χ1v) is 6.44. The topological polar surface area (TPSA) is 47.3 Å². The molecule has 1 atom stereocenters. The number of benzene rings is 2. The Balaban J connectivity index is 2.42. The van der Waals surface area contributed by atoms with Crippen molar-refractivity contribution in [3.63, 3.8) is 0 Å². The van der Waals surface area contributed by atoms with Gasteiger partial charge >= 0.3 is 0 Å². The lowest BCUT2D eigenvalue weighted by atomic mass is 10.0. The van der Waals surface area contributed by atoms with Crippen LogP contribution in [0.5, 0.6) is 0 Å². The molecule has 0 aliphatic heterocycles. The number of hydrogen-bond donors (Lipinski definition) is 1. The summed E-state index contributed by atoms with van der Waals surface area (Å²) in [4.78, 5) is 2.12. The van der Waals surface area contributed by atoms with Crippen LogP contribution in [0.4, 0.5) is 5.69 Å². The molecule has 2 rings (SSSR count). The van der Waals surface area contributed by atoms with E-state index in [-0.39, 0.29) is 6.10 Å². The molecule has 0 aromatic heterocycles. The van der Waals surface area contributed by atoms with Crippen LogP contribution in [0.1, 0.15) is 18.9 Å². The molecule has 98 valence electrons. The molecule has 0 saturated carbocycles. The zero-order valence-electron chi connectivity index (χ0n) is 11.3. The molecule has 19 heavy (non-hydrogen) atoms. The highest BCUT2D eigenvalue weighted by atomic mass is 16.3. The summed E-state index contributed by atoms with van der Waals surface area (Å²) in [6.07, 6.45) is 0.428. The summed E-state index contributed by atoms with van der Waals surface area (Å²) in [6.45, 7) is 2.58. The van der Waals surface area contributed by atoms with Crippen molar-refractivity contribution >= 4 is 16.5 Å². The number of anilines is 1. The number of rotatable bonds is 4. The second kappa shape index (κ2) is 5.73. The van der Waals surface area contributed by atoms with E-state index >= 15 is 0 Å². The van der Waals surface area contributed by atoms with Gasteiger partial charge in [-0.3, -0.25) is 0 Å². The summed E-state index contributed by atoms with van der Waals surface area (Å²) in [5.41, 5.74) is 1.79. The van der Waals surface area contributed by atoms with E-state index in [9.17, 15) is 5.11 Å². The highest BCUT2D eigenvalue weighted by Crippen LogP contribution is 2.28. The van der Waals surface area contributed by atoms with Crippen molar-refractivity contribution < 1.29 is 5.11 Å². The van der Waals surface area contributed by atoms with Crippen LogP contribution >= 0.6 is 0 Å². The van der Waals surface area contributed by atoms with Crippen LogP contribution < -0.4 is 4.90 Å². The monoisotopic (exact) mass is 254 g/mol. The molecule has 0 aliphatic rings. The molecule has 0 heterocycles. The average molecular weight is 254 g/mol. The summed E-state index contributed by atoms with van der Waals surface area (Å²) >= 11 is 0. The van der Waals surface area contributed by atoms with Gasteiger partial charge in [0.15, 0.2) is 0 Å². The molecule has 0 radical (unpaired) electrons. The first kappa shape index (κ1) is 13.4. The van der Waals surface area contributed by atoms with Crippen LogP contribution in [-0.2, 0) is 0 Å². The Morgan fingerprint density at radius 3 is 2.53 bits per heavy atom. The smallest absolute Gasteiger partial charge is 0.0998 e. The molecule has 3 heteroatoms. The van der Waals surface area contributed by atoms with E-state index in [2.05, 4.69) is 11.0 Å². The molecule has 0 amide bonds. The molecule has 2 aromatic rings. The van der Waals surface area contributed by atoms with Crippen LogP contribution in [-0.4, -0.2) is 24.8 Å². The predicted molar refractivity (Wildman–Crippen MR) is 78.2 cm³/mol. The Kier molecular flexibility index (Phi) is 4.03. The van der Waals surface area contributed by atoms with E-state index in [1.165, 1.54) is 0 Å². The lowest BCUT2D eigenvalue weighted by Gasteiger charge is -2.22. The van der Waals surface area contributed by atoms with E-state index in [0.29, 0.717) is 5.56 Å². The molecule has 0 aliphatic carbocycles. The van der Waals surface area contributed by atoms with Gasteiger partial charge in [-0.2, -0.15) is 5.26 Å². The van der Waals surface area contributed by atoms with Crippen LogP contribution in [0.15, 0.2) is 36.4 Å². The summed E-state index contributed by atoms with van der Waals surface area (Å²) in [7, 11) is 2.01. The zero-order chi connectivity index (χ0) is 13.8. The Labute approximate surface area is 113 Å². The molecule has 1 N–H and O–H groups in total. The number of fused-ring (bicyclic) bond motifs is 1. The maximum absolute atomic E-state index is 9.37. The first-order valence-electron chi connectivity index (χ1n) is 6.44. The Morgan fingerprint density at radius 2 is 1.89 bits per heavy atom. The van der Waals surface area contributed by atoms with Crippen LogP contribution in [0.3, 0.4) is 0 Å². The minimum Gasteiger partial charge on any atom is -0.393 e. The molecular weight excluding hydrogens is 236 g/mol. The summed E-state index contributed by atoms with van der Waals surface area (Å²) in [5.74, 6) is 0. The summed E-state index contributed by atoms with van der Waals surface area (Å²) in [6, 6.07) is 14.0. The normalized spacial score (nSPS) is 12.1. The molecule has 0 spiro atoms. The molecule has 0 fully saturated rings. The Bertz CT molecular complexity index is 614. The van der Waals surface area contributed by atoms with Gasteiger partial charge in [0.25, 0.3) is 0 Å². The molecule has 1 unspecified atom stereocenters. The maximum Gasteiger partial charge on any atom is 0.0998 e. The zero-order valence-corrected chi connectivity index (χ0v) is 11.3. The third-order valence-corrected chi connectivity index (χ3v) is 3.32. The molecular formula is C16H18N2O. The van der Waals surface area contributed by atoms with Crippen LogP contribution in [0.2, 0.25) is 0 Å². The highest BCUT2D eigenvalue weighted by molar-refractivity contribution is 5.97. The van der Waals surface area contributed by atoms with Crippen molar-refractivity contribution in [2.24, 2.45) is 0 Å². The van der Waals surface area contributed by atoms with Gasteiger partial charge in [0.1, 0.15) is 0 Å². The van der Waals surface area contributed by atoms with Crippen molar-refractivity contribution in [2.75, 3.05) is 18.5 Å². The molecule has 3 nitrogen and oxygen atoms in total. The second-order valence-corrected chi connectivity index (χ2v) is 4.85. The minimum absolute atomic E-state index is 0.299. The SMILES string of the molecule is CC(O)CCN(C)c1ccc(C#N)c2ccccc12. The molecule has 0 bridgehead atoms. The van der Waals surface area contributed by atoms with E-state index in [1.54, 1.807) is 6.92 Å². The van der Waals surface area contributed by atoms with Crippen molar-refractivity contribution in [1.82, 2.24) is 0 Å². The summed E-state index contributed by atoms with van der Waals surface area (Å²) < 4.78 is 0. The van der Waals surface area contributed by atoms with Crippen molar-refractivity contribution in [3.8, 4) is 6.07 Å². The third-order valence-electron chi connectivity index (χ3n) is 3.32. The molecule has 0 saturated heterocycles. The number of hydrogen-bond acceptors (Lipinski definition) is 3. The fourth-order valence-electron chi connectivity index (χ4n) is 2.21. The highest BCUT2D eigenvalue weighted by Gasteiger charge is 2.09. The summed E-state index contributed by atoms with van der Waals surface area (Å²) in [5, 5.41) is 20.6. The van der Waals surface area contributed by atoms with E-state index in [0.717, 1.165) is 29.4 Å². The van der Waals surface area contributed by atoms with Crippen molar-refractivity contribution in [3.05, 3.63) is 42.0 Å². The third kappa shape index (κ3) is 2.86. The fourth-order valence-corrected chi connectivity index (χ4v) is 2.21. The quantitative estimate of drug-likeness (QED) is 0.912. The largest absolute Gasteiger partial charge is 0.393 e. The Hall–Kier alpha value is -2.05. The van der Waals surface area contributed by atoms with Crippen molar-refractivity contribution in [1.29, 1.82) is 5.26 Å².